The highest BCUT2D eigenvalue weighted by Gasteiger charge is 2.09. The van der Waals surface area contributed by atoms with Crippen LogP contribution in [0.3, 0.4) is 0 Å². The molecule has 2 heterocycles. The first-order valence-electron chi connectivity index (χ1n) is 6.42. The zero-order valence-corrected chi connectivity index (χ0v) is 10.9. The summed E-state index contributed by atoms with van der Waals surface area (Å²) in [5, 5.41) is 0. The maximum absolute atomic E-state index is 5.65. The molecule has 0 saturated carbocycles. The molecule has 2 aromatic heterocycles. The number of nitrogen functional groups attached to an aromatic ring is 1. The summed E-state index contributed by atoms with van der Waals surface area (Å²) < 4.78 is 2.23. The molecule has 0 radical (unpaired) electrons. The standard InChI is InChI=1S/C15H16N4/c1-2-19-14-6-4-3-5-13(14)18-15(19)9-12-8-7-11(16)10-17-12/h3-8,10H,2,9,16H2,1H3. The van der Waals surface area contributed by atoms with Crippen LogP contribution in [0.4, 0.5) is 5.69 Å². The van der Waals surface area contributed by atoms with E-state index in [4.69, 9.17) is 10.7 Å². The highest BCUT2D eigenvalue weighted by atomic mass is 15.1. The van der Waals surface area contributed by atoms with E-state index in [1.54, 1.807) is 6.20 Å². The van der Waals surface area contributed by atoms with Crippen LogP contribution < -0.4 is 5.73 Å². The molecule has 4 nitrogen and oxygen atoms in total. The van der Waals surface area contributed by atoms with Crippen LogP contribution >= 0.6 is 0 Å². The Morgan fingerprint density at radius 1 is 1.16 bits per heavy atom. The lowest BCUT2D eigenvalue weighted by atomic mass is 10.2. The maximum Gasteiger partial charge on any atom is 0.115 e. The molecular formula is C15H16N4. The molecule has 0 aliphatic carbocycles. The maximum atomic E-state index is 5.65. The summed E-state index contributed by atoms with van der Waals surface area (Å²) in [6, 6.07) is 12.0. The van der Waals surface area contributed by atoms with Crippen molar-refractivity contribution >= 4 is 16.7 Å². The second kappa shape index (κ2) is 4.72. The minimum Gasteiger partial charge on any atom is -0.397 e. The number of nitrogens with two attached hydrogens (primary N) is 1. The van der Waals surface area contributed by atoms with Gasteiger partial charge in [-0.1, -0.05) is 12.1 Å². The van der Waals surface area contributed by atoms with Gasteiger partial charge in [0.15, 0.2) is 0 Å². The van der Waals surface area contributed by atoms with E-state index in [0.29, 0.717) is 5.69 Å². The Morgan fingerprint density at radius 3 is 2.74 bits per heavy atom. The van der Waals surface area contributed by atoms with E-state index in [0.717, 1.165) is 30.0 Å². The van der Waals surface area contributed by atoms with Crippen LogP contribution in [-0.4, -0.2) is 14.5 Å². The molecule has 3 aromatic rings. The van der Waals surface area contributed by atoms with Gasteiger partial charge in [-0.3, -0.25) is 4.98 Å². The molecule has 0 aliphatic rings. The van der Waals surface area contributed by atoms with E-state index in [2.05, 4.69) is 22.5 Å². The number of hydrogen-bond donors (Lipinski definition) is 1. The van der Waals surface area contributed by atoms with Crippen LogP contribution in [0, 0.1) is 0 Å². The van der Waals surface area contributed by atoms with E-state index in [1.165, 1.54) is 5.52 Å². The van der Waals surface area contributed by atoms with Gasteiger partial charge in [0.25, 0.3) is 0 Å². The Bertz CT molecular complexity index is 698. The van der Waals surface area contributed by atoms with Crippen LogP contribution in [-0.2, 0) is 13.0 Å². The molecule has 0 bridgehead atoms. The Hall–Kier alpha value is -2.36. The van der Waals surface area contributed by atoms with Crippen molar-refractivity contribution < 1.29 is 0 Å². The molecule has 1 aromatic carbocycles. The first kappa shape index (κ1) is 11.7. The number of rotatable bonds is 3. The van der Waals surface area contributed by atoms with Crippen LogP contribution in [0.1, 0.15) is 18.4 Å². The molecule has 0 aliphatic heterocycles. The summed E-state index contributed by atoms with van der Waals surface area (Å²) in [5.74, 6) is 1.04. The lowest BCUT2D eigenvalue weighted by Crippen LogP contribution is -2.04. The fraction of sp³-hybridized carbons (Fsp3) is 0.200. The number of imidazole rings is 1. The van der Waals surface area contributed by atoms with E-state index in [9.17, 15) is 0 Å². The third kappa shape index (κ3) is 2.17. The van der Waals surface area contributed by atoms with E-state index >= 15 is 0 Å². The summed E-state index contributed by atoms with van der Waals surface area (Å²) in [5.41, 5.74) is 9.54. The average Bonchev–Trinajstić information content (AvgIpc) is 2.78. The van der Waals surface area contributed by atoms with Gasteiger partial charge in [0.05, 0.1) is 22.9 Å². The van der Waals surface area contributed by atoms with Crippen molar-refractivity contribution in [3.8, 4) is 0 Å². The van der Waals surface area contributed by atoms with Crippen molar-refractivity contribution in [2.24, 2.45) is 0 Å². The van der Waals surface area contributed by atoms with E-state index in [-0.39, 0.29) is 0 Å². The van der Waals surface area contributed by atoms with Crippen molar-refractivity contribution in [2.75, 3.05) is 5.73 Å². The van der Waals surface area contributed by atoms with Gasteiger partial charge in [-0.15, -0.1) is 0 Å². The van der Waals surface area contributed by atoms with Crippen molar-refractivity contribution in [3.05, 3.63) is 54.1 Å². The normalized spacial score (nSPS) is 11.0. The number of anilines is 1. The Labute approximate surface area is 111 Å². The van der Waals surface area contributed by atoms with Crippen LogP contribution in [0.15, 0.2) is 42.6 Å². The van der Waals surface area contributed by atoms with Crippen molar-refractivity contribution in [3.63, 3.8) is 0 Å². The summed E-state index contributed by atoms with van der Waals surface area (Å²) in [4.78, 5) is 9.03. The van der Waals surface area contributed by atoms with Gasteiger partial charge in [-0.05, 0) is 31.2 Å². The fourth-order valence-electron chi connectivity index (χ4n) is 2.32. The van der Waals surface area contributed by atoms with Crippen molar-refractivity contribution in [1.82, 2.24) is 14.5 Å². The summed E-state index contributed by atoms with van der Waals surface area (Å²) >= 11 is 0. The second-order valence-corrected chi connectivity index (χ2v) is 4.52. The van der Waals surface area contributed by atoms with E-state index < -0.39 is 0 Å². The number of aromatic nitrogens is 3. The summed E-state index contributed by atoms with van der Waals surface area (Å²) in [7, 11) is 0. The predicted molar refractivity (Wildman–Crippen MR) is 76.9 cm³/mol. The van der Waals surface area contributed by atoms with Gasteiger partial charge in [-0.25, -0.2) is 4.98 Å². The molecule has 0 amide bonds. The molecule has 0 spiro atoms. The zero-order chi connectivity index (χ0) is 13.2. The second-order valence-electron chi connectivity index (χ2n) is 4.52. The molecule has 0 saturated heterocycles. The van der Waals surface area contributed by atoms with Gasteiger partial charge >= 0.3 is 0 Å². The molecule has 3 rings (SSSR count). The van der Waals surface area contributed by atoms with Crippen molar-refractivity contribution in [2.45, 2.75) is 19.9 Å². The zero-order valence-electron chi connectivity index (χ0n) is 10.9. The number of aryl methyl sites for hydroxylation is 1. The number of para-hydroxylation sites is 2. The number of benzene rings is 1. The molecule has 96 valence electrons. The number of hydrogen-bond acceptors (Lipinski definition) is 3. The minimum atomic E-state index is 0.688. The minimum absolute atomic E-state index is 0.688. The Balaban J connectivity index is 2.02. The summed E-state index contributed by atoms with van der Waals surface area (Å²) in [6.07, 6.45) is 2.41. The number of fused-ring (bicyclic) bond motifs is 1. The van der Waals surface area contributed by atoms with Gasteiger partial charge < -0.3 is 10.3 Å². The first-order valence-corrected chi connectivity index (χ1v) is 6.42. The Morgan fingerprint density at radius 2 is 2.00 bits per heavy atom. The third-order valence-electron chi connectivity index (χ3n) is 3.24. The Kier molecular flexibility index (Phi) is 2.91. The predicted octanol–water partition coefficient (Wildman–Crippen LogP) is 2.62. The molecule has 2 N–H and O–H groups in total. The van der Waals surface area contributed by atoms with Crippen LogP contribution in [0.25, 0.3) is 11.0 Å². The van der Waals surface area contributed by atoms with Crippen LogP contribution in [0.5, 0.6) is 0 Å². The molecule has 0 atom stereocenters. The van der Waals surface area contributed by atoms with E-state index in [1.807, 2.05) is 30.3 Å². The van der Waals surface area contributed by atoms with Gasteiger partial charge in [0, 0.05) is 18.7 Å². The van der Waals surface area contributed by atoms with Gasteiger partial charge in [0.1, 0.15) is 5.82 Å². The lowest BCUT2D eigenvalue weighted by Gasteiger charge is -2.05. The molecule has 0 unspecified atom stereocenters. The largest absolute Gasteiger partial charge is 0.397 e. The molecule has 19 heavy (non-hydrogen) atoms. The fourth-order valence-corrected chi connectivity index (χ4v) is 2.32. The highest BCUT2D eigenvalue weighted by Crippen LogP contribution is 2.18. The van der Waals surface area contributed by atoms with Crippen LogP contribution in [0.2, 0.25) is 0 Å². The smallest absolute Gasteiger partial charge is 0.115 e. The first-order chi connectivity index (χ1) is 9.28. The van der Waals surface area contributed by atoms with Gasteiger partial charge in [-0.2, -0.15) is 0 Å². The molecular weight excluding hydrogens is 236 g/mol. The SMILES string of the molecule is CCn1c(Cc2ccc(N)cn2)nc2ccccc21. The quantitative estimate of drug-likeness (QED) is 0.779. The highest BCUT2D eigenvalue weighted by molar-refractivity contribution is 5.75. The lowest BCUT2D eigenvalue weighted by molar-refractivity contribution is 0.729. The number of nitrogens with zero attached hydrogens (tertiary/aromatic N) is 3. The monoisotopic (exact) mass is 252 g/mol. The third-order valence-corrected chi connectivity index (χ3v) is 3.24. The van der Waals surface area contributed by atoms with Gasteiger partial charge in [0.2, 0.25) is 0 Å². The topological polar surface area (TPSA) is 56.7 Å². The molecule has 4 heteroatoms. The molecule has 0 fully saturated rings. The summed E-state index contributed by atoms with van der Waals surface area (Å²) in [6.45, 7) is 3.04. The number of pyridine rings is 1. The van der Waals surface area contributed by atoms with Crippen molar-refractivity contribution in [1.29, 1.82) is 0 Å². The average molecular weight is 252 g/mol.